The second-order valence-corrected chi connectivity index (χ2v) is 6.33. The molecule has 3 rings (SSSR count). The highest BCUT2D eigenvalue weighted by Crippen LogP contribution is 2.17. The Bertz CT molecular complexity index is 716. The van der Waals surface area contributed by atoms with Crippen LogP contribution in [-0.4, -0.2) is 45.6 Å². The van der Waals surface area contributed by atoms with E-state index >= 15 is 0 Å². The number of hydrogen-bond acceptors (Lipinski definition) is 5. The first-order valence-corrected chi connectivity index (χ1v) is 7.88. The summed E-state index contributed by atoms with van der Waals surface area (Å²) in [4.78, 5) is 23.4. The second kappa shape index (κ2) is 6.04. The van der Waals surface area contributed by atoms with Crippen LogP contribution < -0.4 is 10.9 Å². The molecule has 0 aromatic carbocycles. The minimum Gasteiger partial charge on any atom is -0.351 e. The molecule has 0 saturated carbocycles. The molecule has 3 heterocycles. The third-order valence-electron chi connectivity index (χ3n) is 4.24. The molecule has 6 heteroatoms. The third-order valence-corrected chi connectivity index (χ3v) is 4.24. The smallest absolute Gasteiger partial charge is 0.252 e. The fraction of sp³-hybridized carbons (Fsp3) is 0.562. The Morgan fingerprint density at radius 1 is 1.27 bits per heavy atom. The molecule has 22 heavy (non-hydrogen) atoms. The molecule has 0 spiro atoms. The molecule has 1 aliphatic rings. The van der Waals surface area contributed by atoms with Gasteiger partial charge in [-0.1, -0.05) is 0 Å². The summed E-state index contributed by atoms with van der Waals surface area (Å²) in [7, 11) is 2.14. The van der Waals surface area contributed by atoms with Crippen LogP contribution in [0.25, 0.3) is 11.0 Å². The summed E-state index contributed by atoms with van der Waals surface area (Å²) in [6.07, 6.45) is 3.96. The third kappa shape index (κ3) is 2.97. The van der Waals surface area contributed by atoms with E-state index in [0.717, 1.165) is 31.3 Å². The summed E-state index contributed by atoms with van der Waals surface area (Å²) < 4.78 is 1.72. The zero-order chi connectivity index (χ0) is 15.7. The van der Waals surface area contributed by atoms with Crippen LogP contribution in [0.1, 0.15) is 32.7 Å². The Morgan fingerprint density at radius 2 is 2.00 bits per heavy atom. The number of anilines is 1. The highest BCUT2D eigenvalue weighted by Gasteiger charge is 2.17. The molecule has 1 aliphatic heterocycles. The normalized spacial score (nSPS) is 17.3. The van der Waals surface area contributed by atoms with Crippen LogP contribution >= 0.6 is 0 Å². The zero-order valence-corrected chi connectivity index (χ0v) is 13.4. The number of rotatable bonds is 3. The number of likely N-dealkylation sites (tertiary alicyclic amines) is 1. The van der Waals surface area contributed by atoms with Crippen molar-refractivity contribution < 1.29 is 0 Å². The number of pyridine rings is 1. The van der Waals surface area contributed by atoms with Gasteiger partial charge in [-0.15, -0.1) is 0 Å². The Morgan fingerprint density at radius 3 is 2.68 bits per heavy atom. The van der Waals surface area contributed by atoms with Gasteiger partial charge < -0.3 is 10.2 Å². The van der Waals surface area contributed by atoms with E-state index in [1.54, 1.807) is 22.9 Å². The van der Waals surface area contributed by atoms with Gasteiger partial charge in [-0.05, 0) is 52.9 Å². The number of aromatic nitrogens is 3. The number of hydrogen-bond donors (Lipinski definition) is 1. The maximum atomic E-state index is 12.1. The van der Waals surface area contributed by atoms with E-state index in [1.165, 1.54) is 0 Å². The molecule has 118 valence electrons. The van der Waals surface area contributed by atoms with Crippen molar-refractivity contribution in [2.24, 2.45) is 0 Å². The van der Waals surface area contributed by atoms with Gasteiger partial charge in [0.25, 0.3) is 5.56 Å². The van der Waals surface area contributed by atoms with Crippen molar-refractivity contribution in [2.45, 2.75) is 38.8 Å². The Kier molecular flexibility index (Phi) is 4.11. The lowest BCUT2D eigenvalue weighted by Gasteiger charge is -2.29. The molecule has 1 saturated heterocycles. The average Bonchev–Trinajstić information content (AvgIpc) is 2.49. The molecule has 1 fully saturated rings. The summed E-state index contributed by atoms with van der Waals surface area (Å²) in [5.74, 6) is 0.613. The number of nitrogens with one attached hydrogen (secondary N) is 1. The summed E-state index contributed by atoms with van der Waals surface area (Å²) in [5, 5.41) is 4.31. The van der Waals surface area contributed by atoms with Crippen LogP contribution in [0, 0.1) is 0 Å². The standard InChI is InChI=1S/C16H23N5O/c1-11(2)21-14(22)5-4-12-10-17-16(19-15(12)21)18-13-6-8-20(3)9-7-13/h4-5,10-11,13H,6-9H2,1-3H3,(H,17,18,19). The molecular formula is C16H23N5O. The molecule has 0 amide bonds. The minimum atomic E-state index is -0.0218. The van der Waals surface area contributed by atoms with Gasteiger partial charge in [0.1, 0.15) is 5.65 Å². The van der Waals surface area contributed by atoms with Crippen molar-refractivity contribution >= 4 is 17.0 Å². The summed E-state index contributed by atoms with van der Waals surface area (Å²) in [6.45, 7) is 6.16. The number of fused-ring (bicyclic) bond motifs is 1. The molecule has 0 atom stereocenters. The molecule has 2 aromatic heterocycles. The second-order valence-electron chi connectivity index (χ2n) is 6.33. The first kappa shape index (κ1) is 15.0. The van der Waals surface area contributed by atoms with Gasteiger partial charge in [-0.2, -0.15) is 4.98 Å². The molecule has 6 nitrogen and oxygen atoms in total. The van der Waals surface area contributed by atoms with E-state index in [1.807, 2.05) is 13.8 Å². The molecule has 0 radical (unpaired) electrons. The molecule has 1 N–H and O–H groups in total. The zero-order valence-electron chi connectivity index (χ0n) is 13.4. The average molecular weight is 301 g/mol. The lowest BCUT2D eigenvalue weighted by molar-refractivity contribution is 0.263. The fourth-order valence-corrected chi connectivity index (χ4v) is 2.94. The van der Waals surface area contributed by atoms with E-state index in [4.69, 9.17) is 0 Å². The van der Waals surface area contributed by atoms with Gasteiger partial charge >= 0.3 is 0 Å². The molecule has 0 bridgehead atoms. The SMILES string of the molecule is CC(C)n1c(=O)ccc2cnc(NC3CCN(C)CC3)nc21. The van der Waals surface area contributed by atoms with Gasteiger partial charge in [0.2, 0.25) is 5.95 Å². The van der Waals surface area contributed by atoms with E-state index < -0.39 is 0 Å². The highest BCUT2D eigenvalue weighted by atomic mass is 16.1. The van der Waals surface area contributed by atoms with Crippen molar-refractivity contribution in [3.05, 3.63) is 28.7 Å². The van der Waals surface area contributed by atoms with Crippen LogP contribution in [0.3, 0.4) is 0 Å². The van der Waals surface area contributed by atoms with E-state index in [0.29, 0.717) is 17.6 Å². The summed E-state index contributed by atoms with van der Waals surface area (Å²) >= 11 is 0. The highest BCUT2D eigenvalue weighted by molar-refractivity contribution is 5.75. The van der Waals surface area contributed by atoms with Gasteiger partial charge in [-0.25, -0.2) is 4.98 Å². The van der Waals surface area contributed by atoms with Crippen molar-refractivity contribution in [2.75, 3.05) is 25.5 Å². The van der Waals surface area contributed by atoms with Crippen LogP contribution in [0.4, 0.5) is 5.95 Å². The van der Waals surface area contributed by atoms with Crippen molar-refractivity contribution in [1.29, 1.82) is 0 Å². The molecule has 2 aromatic rings. The van der Waals surface area contributed by atoms with Gasteiger partial charge in [0.15, 0.2) is 0 Å². The summed E-state index contributed by atoms with van der Waals surface area (Å²) in [5.41, 5.74) is 0.680. The van der Waals surface area contributed by atoms with Crippen LogP contribution in [0.2, 0.25) is 0 Å². The molecule has 0 aliphatic carbocycles. The lowest BCUT2D eigenvalue weighted by atomic mass is 10.1. The predicted octanol–water partition coefficient (Wildman–Crippen LogP) is 1.88. The van der Waals surface area contributed by atoms with E-state index in [2.05, 4.69) is 27.2 Å². The maximum absolute atomic E-state index is 12.1. The largest absolute Gasteiger partial charge is 0.351 e. The first-order valence-electron chi connectivity index (χ1n) is 7.88. The maximum Gasteiger partial charge on any atom is 0.252 e. The van der Waals surface area contributed by atoms with Crippen LogP contribution in [0.5, 0.6) is 0 Å². The van der Waals surface area contributed by atoms with Gasteiger partial charge in [-0.3, -0.25) is 9.36 Å². The Labute approximate surface area is 130 Å². The minimum absolute atomic E-state index is 0.0218. The van der Waals surface area contributed by atoms with Gasteiger partial charge in [0.05, 0.1) is 0 Å². The van der Waals surface area contributed by atoms with E-state index in [-0.39, 0.29) is 11.6 Å². The Hall–Kier alpha value is -1.95. The molecular weight excluding hydrogens is 278 g/mol. The predicted molar refractivity (Wildman–Crippen MR) is 88.3 cm³/mol. The fourth-order valence-electron chi connectivity index (χ4n) is 2.94. The number of piperidine rings is 1. The number of nitrogens with zero attached hydrogens (tertiary/aromatic N) is 4. The van der Waals surface area contributed by atoms with E-state index in [9.17, 15) is 4.79 Å². The van der Waals surface area contributed by atoms with Crippen LogP contribution in [-0.2, 0) is 0 Å². The monoisotopic (exact) mass is 301 g/mol. The van der Waals surface area contributed by atoms with Crippen molar-refractivity contribution in [3.8, 4) is 0 Å². The van der Waals surface area contributed by atoms with Crippen LogP contribution in [0.15, 0.2) is 23.1 Å². The Balaban J connectivity index is 1.92. The quantitative estimate of drug-likeness (QED) is 0.938. The topological polar surface area (TPSA) is 63.1 Å². The van der Waals surface area contributed by atoms with Crippen molar-refractivity contribution in [1.82, 2.24) is 19.4 Å². The molecule has 0 unspecified atom stereocenters. The van der Waals surface area contributed by atoms with Crippen molar-refractivity contribution in [3.63, 3.8) is 0 Å². The first-order chi connectivity index (χ1) is 10.5. The lowest BCUT2D eigenvalue weighted by Crippen LogP contribution is -2.37. The summed E-state index contributed by atoms with van der Waals surface area (Å²) in [6, 6.07) is 3.84. The van der Waals surface area contributed by atoms with Gasteiger partial charge in [0, 0.05) is 29.7 Å².